The first-order chi connectivity index (χ1) is 9.16. The van der Waals surface area contributed by atoms with Gasteiger partial charge in [-0.15, -0.1) is 0 Å². The molecular weight excluding hydrogens is 277 g/mol. The highest BCUT2D eigenvalue weighted by Gasteiger charge is 2.37. The van der Waals surface area contributed by atoms with Gasteiger partial charge in [-0.3, -0.25) is 9.48 Å². The van der Waals surface area contributed by atoms with Crippen LogP contribution in [0.2, 0.25) is 0 Å². The molecule has 0 fully saturated rings. The molecule has 0 radical (unpaired) electrons. The Morgan fingerprint density at radius 2 is 2.20 bits per heavy atom. The maximum atomic E-state index is 12.8. The molecule has 1 heterocycles. The summed E-state index contributed by atoms with van der Waals surface area (Å²) >= 11 is 0. The van der Waals surface area contributed by atoms with Crippen molar-refractivity contribution >= 4 is 5.91 Å². The van der Waals surface area contributed by atoms with Gasteiger partial charge in [-0.2, -0.15) is 18.3 Å². The zero-order valence-electron chi connectivity index (χ0n) is 11.4. The highest BCUT2D eigenvalue weighted by molar-refractivity contribution is 5.81. The molecule has 6 nitrogen and oxygen atoms in total. The molecule has 9 heteroatoms. The molecule has 0 aliphatic rings. The first-order valence-corrected chi connectivity index (χ1v) is 5.76. The van der Waals surface area contributed by atoms with Gasteiger partial charge in [0.05, 0.1) is 6.61 Å². The maximum Gasteiger partial charge on any atom is 0.435 e. The zero-order valence-corrected chi connectivity index (χ0v) is 11.4. The summed E-state index contributed by atoms with van der Waals surface area (Å²) < 4.78 is 44.1. The number of aryl methyl sites for hydroxylation is 1. The Bertz CT molecular complexity index is 473. The third-order valence-corrected chi connectivity index (χ3v) is 2.62. The van der Waals surface area contributed by atoms with Gasteiger partial charge < -0.3 is 15.4 Å². The Morgan fingerprint density at radius 1 is 1.60 bits per heavy atom. The summed E-state index contributed by atoms with van der Waals surface area (Å²) in [7, 11) is 4.15. The van der Waals surface area contributed by atoms with E-state index in [0.717, 1.165) is 9.58 Å². The number of hydrogen-bond acceptors (Lipinski definition) is 4. The highest BCUT2D eigenvalue weighted by atomic mass is 19.4. The smallest absolute Gasteiger partial charge is 0.383 e. The van der Waals surface area contributed by atoms with Crippen LogP contribution < -0.4 is 5.73 Å². The Labute approximate surface area is 114 Å². The number of amides is 1. The van der Waals surface area contributed by atoms with Crippen LogP contribution in [0.3, 0.4) is 0 Å². The zero-order chi connectivity index (χ0) is 15.5. The number of halogens is 3. The summed E-state index contributed by atoms with van der Waals surface area (Å²) in [5.41, 5.74) is 4.47. The van der Waals surface area contributed by atoms with Gasteiger partial charge in [-0.25, -0.2) is 0 Å². The van der Waals surface area contributed by atoms with Crippen LogP contribution in [0.1, 0.15) is 11.3 Å². The lowest BCUT2D eigenvalue weighted by Crippen LogP contribution is -2.44. The number of alkyl halides is 3. The first kappa shape index (κ1) is 16.4. The van der Waals surface area contributed by atoms with Gasteiger partial charge in [-0.1, -0.05) is 0 Å². The lowest BCUT2D eigenvalue weighted by Gasteiger charge is -2.21. The van der Waals surface area contributed by atoms with Crippen LogP contribution in [0, 0.1) is 0 Å². The molecule has 0 saturated heterocycles. The van der Waals surface area contributed by atoms with Gasteiger partial charge in [0.1, 0.15) is 6.04 Å². The van der Waals surface area contributed by atoms with Gasteiger partial charge >= 0.3 is 6.18 Å². The number of carbonyl (C=O) groups is 1. The molecule has 0 saturated carbocycles. The van der Waals surface area contributed by atoms with Crippen molar-refractivity contribution in [2.45, 2.75) is 18.8 Å². The van der Waals surface area contributed by atoms with Crippen LogP contribution >= 0.6 is 0 Å². The topological polar surface area (TPSA) is 73.4 Å². The van der Waals surface area contributed by atoms with Crippen molar-refractivity contribution in [1.82, 2.24) is 14.7 Å². The molecule has 20 heavy (non-hydrogen) atoms. The number of nitrogens with two attached hydrogens (primary N) is 1. The van der Waals surface area contributed by atoms with Crippen molar-refractivity contribution in [2.75, 3.05) is 20.8 Å². The average Bonchev–Trinajstić information content (AvgIpc) is 2.69. The lowest BCUT2D eigenvalue weighted by atomic mass is 10.2. The standard InChI is InChI=1S/C11H17F3N4O2/c1-17(10(19)8(15)6-20-3)4-7-5-18(2)16-9(7)11(12,13)14/h5,8H,4,6,15H2,1-3H3. The fourth-order valence-corrected chi connectivity index (χ4v) is 1.76. The molecule has 0 aliphatic carbocycles. The normalized spacial score (nSPS) is 13.3. The molecule has 0 aromatic carbocycles. The molecule has 1 amide bonds. The number of likely N-dealkylation sites (N-methyl/N-ethyl adjacent to an activating group) is 1. The Morgan fingerprint density at radius 3 is 2.70 bits per heavy atom. The Kier molecular flexibility index (Phi) is 5.12. The van der Waals surface area contributed by atoms with Gasteiger partial charge in [0.15, 0.2) is 5.69 Å². The van der Waals surface area contributed by atoms with E-state index in [4.69, 9.17) is 10.5 Å². The van der Waals surface area contributed by atoms with Crippen molar-refractivity contribution in [1.29, 1.82) is 0 Å². The molecule has 0 aliphatic heterocycles. The molecule has 1 aromatic heterocycles. The molecule has 1 unspecified atom stereocenters. The minimum absolute atomic E-state index is 0.00232. The average molecular weight is 294 g/mol. The van der Waals surface area contributed by atoms with E-state index in [-0.39, 0.29) is 18.7 Å². The molecular formula is C11H17F3N4O2. The summed E-state index contributed by atoms with van der Waals surface area (Å²) in [6, 6.07) is -0.906. The van der Waals surface area contributed by atoms with Gasteiger partial charge in [0.2, 0.25) is 5.91 Å². The van der Waals surface area contributed by atoms with E-state index in [1.165, 1.54) is 27.4 Å². The number of ether oxygens (including phenoxy) is 1. The van der Waals surface area contributed by atoms with E-state index in [2.05, 4.69) is 5.10 Å². The van der Waals surface area contributed by atoms with E-state index >= 15 is 0 Å². The number of rotatable bonds is 5. The van der Waals surface area contributed by atoms with Crippen molar-refractivity contribution in [2.24, 2.45) is 12.8 Å². The van der Waals surface area contributed by atoms with Crippen LogP contribution in [0.15, 0.2) is 6.20 Å². The number of aromatic nitrogens is 2. The molecule has 0 bridgehead atoms. The predicted octanol–water partition coefficient (Wildman–Crippen LogP) is 0.371. The van der Waals surface area contributed by atoms with Crippen LogP contribution in [0.25, 0.3) is 0 Å². The summed E-state index contributed by atoms with van der Waals surface area (Å²) in [5.74, 6) is -0.496. The number of nitrogens with zero attached hydrogens (tertiary/aromatic N) is 3. The lowest BCUT2D eigenvalue weighted by molar-refractivity contribution is -0.143. The number of methoxy groups -OCH3 is 1. The summed E-state index contributed by atoms with van der Waals surface area (Å²) in [5, 5.41) is 3.37. The third kappa shape index (κ3) is 3.94. The quantitative estimate of drug-likeness (QED) is 0.851. The predicted molar refractivity (Wildman–Crippen MR) is 64.5 cm³/mol. The second-order valence-electron chi connectivity index (χ2n) is 4.43. The second kappa shape index (κ2) is 6.23. The van der Waals surface area contributed by atoms with Crippen molar-refractivity contribution < 1.29 is 22.7 Å². The summed E-state index contributed by atoms with van der Waals surface area (Å²) in [4.78, 5) is 12.9. The van der Waals surface area contributed by atoms with Gasteiger partial charge in [0, 0.05) is 39.5 Å². The van der Waals surface area contributed by atoms with Crippen molar-refractivity contribution in [3.8, 4) is 0 Å². The molecule has 0 spiro atoms. The minimum atomic E-state index is -4.56. The third-order valence-electron chi connectivity index (χ3n) is 2.62. The van der Waals surface area contributed by atoms with Gasteiger partial charge in [-0.05, 0) is 0 Å². The van der Waals surface area contributed by atoms with E-state index in [1.807, 2.05) is 0 Å². The number of hydrogen-bond donors (Lipinski definition) is 1. The molecule has 114 valence electrons. The second-order valence-corrected chi connectivity index (χ2v) is 4.43. The molecule has 2 N–H and O–H groups in total. The van der Waals surface area contributed by atoms with Crippen LogP contribution in [-0.2, 0) is 29.3 Å². The summed E-state index contributed by atoms with van der Waals surface area (Å²) in [6.45, 7) is -0.221. The van der Waals surface area contributed by atoms with Crippen LogP contribution in [0.4, 0.5) is 13.2 Å². The molecule has 1 rings (SSSR count). The Hall–Kier alpha value is -1.61. The van der Waals surface area contributed by atoms with E-state index in [1.54, 1.807) is 0 Å². The van der Waals surface area contributed by atoms with E-state index in [9.17, 15) is 18.0 Å². The highest BCUT2D eigenvalue weighted by Crippen LogP contribution is 2.31. The van der Waals surface area contributed by atoms with E-state index < -0.39 is 23.8 Å². The first-order valence-electron chi connectivity index (χ1n) is 5.76. The monoisotopic (exact) mass is 294 g/mol. The van der Waals surface area contributed by atoms with E-state index in [0.29, 0.717) is 0 Å². The summed E-state index contributed by atoms with van der Waals surface area (Å²) in [6.07, 6.45) is -3.33. The molecule has 1 atom stereocenters. The Balaban J connectivity index is 2.86. The maximum absolute atomic E-state index is 12.8. The fraction of sp³-hybridized carbons (Fsp3) is 0.636. The van der Waals surface area contributed by atoms with Crippen molar-refractivity contribution in [3.05, 3.63) is 17.5 Å². The number of carbonyl (C=O) groups excluding carboxylic acids is 1. The van der Waals surface area contributed by atoms with Gasteiger partial charge in [0.25, 0.3) is 0 Å². The minimum Gasteiger partial charge on any atom is -0.383 e. The van der Waals surface area contributed by atoms with Crippen LogP contribution in [0.5, 0.6) is 0 Å². The van der Waals surface area contributed by atoms with Crippen LogP contribution in [-0.4, -0.2) is 47.4 Å². The largest absolute Gasteiger partial charge is 0.435 e. The van der Waals surface area contributed by atoms with Crippen molar-refractivity contribution in [3.63, 3.8) is 0 Å². The molecule has 1 aromatic rings. The SMILES string of the molecule is COCC(N)C(=O)N(C)Cc1cn(C)nc1C(F)(F)F. The fourth-order valence-electron chi connectivity index (χ4n) is 1.76.